The summed E-state index contributed by atoms with van der Waals surface area (Å²) >= 11 is 0. The van der Waals surface area contributed by atoms with Crippen LogP contribution in [0, 0.1) is 0 Å². The minimum absolute atomic E-state index is 0.134. The lowest BCUT2D eigenvalue weighted by Gasteiger charge is -2.29. The van der Waals surface area contributed by atoms with Crippen LogP contribution < -0.4 is 4.90 Å². The zero-order chi connectivity index (χ0) is 36.3. The third-order valence-electron chi connectivity index (χ3n) is 12.4. The molecule has 0 bridgehead atoms. The number of hydrogen-bond acceptors (Lipinski definition) is 2. The molecule has 11 rings (SSSR count). The largest absolute Gasteiger partial charge is 0.453 e. The van der Waals surface area contributed by atoms with Gasteiger partial charge in [0, 0.05) is 38.5 Å². The van der Waals surface area contributed by atoms with Crippen molar-refractivity contribution in [1.82, 2.24) is 0 Å². The van der Waals surface area contributed by atoms with Gasteiger partial charge < -0.3 is 9.32 Å². The molecule has 2 aliphatic rings. The number of fused-ring (bicyclic) bond motifs is 10. The Bertz CT molecular complexity index is 2890. The average Bonchev–Trinajstić information content (AvgIpc) is 3.77. The van der Waals surface area contributed by atoms with E-state index in [9.17, 15) is 0 Å². The predicted octanol–water partition coefficient (Wildman–Crippen LogP) is 14.5. The fourth-order valence-electron chi connectivity index (χ4n) is 9.74. The number of anilines is 3. The summed E-state index contributed by atoms with van der Waals surface area (Å²) in [6, 6.07) is 60.2. The molecule has 2 nitrogen and oxygen atoms in total. The number of para-hydroxylation sites is 1. The SMILES string of the molecule is CC1(C)c2ccccc2-c2ccc(N(c3ccc4c(c3)C(C)(C)c3ccccc3-4)c3cccc4c3oc3c(-c5ccccc5)c5ccccc5cc34)cc21. The Kier molecular flexibility index (Phi) is 6.39. The Labute approximate surface area is 315 Å². The molecule has 0 atom stereocenters. The van der Waals surface area contributed by atoms with E-state index in [-0.39, 0.29) is 10.8 Å². The van der Waals surface area contributed by atoms with Gasteiger partial charge >= 0.3 is 0 Å². The maximum Gasteiger partial charge on any atom is 0.159 e. The van der Waals surface area contributed by atoms with E-state index in [4.69, 9.17) is 4.42 Å². The van der Waals surface area contributed by atoms with E-state index in [2.05, 4.69) is 196 Å². The summed E-state index contributed by atoms with van der Waals surface area (Å²) in [6.45, 7) is 9.43. The number of furan rings is 1. The minimum atomic E-state index is -0.134. The molecule has 0 unspecified atom stereocenters. The fraction of sp³-hybridized carbons (Fsp3) is 0.115. The topological polar surface area (TPSA) is 16.4 Å². The highest BCUT2D eigenvalue weighted by atomic mass is 16.3. The van der Waals surface area contributed by atoms with Crippen LogP contribution in [0.25, 0.3) is 66.1 Å². The summed E-state index contributed by atoms with van der Waals surface area (Å²) in [6.07, 6.45) is 0. The highest BCUT2D eigenvalue weighted by Gasteiger charge is 2.38. The molecule has 0 saturated heterocycles. The maximum atomic E-state index is 7.23. The van der Waals surface area contributed by atoms with Crippen molar-refractivity contribution >= 4 is 49.8 Å². The summed E-state index contributed by atoms with van der Waals surface area (Å²) in [7, 11) is 0. The van der Waals surface area contributed by atoms with E-state index in [1.54, 1.807) is 0 Å². The molecule has 0 spiro atoms. The fourth-order valence-corrected chi connectivity index (χ4v) is 9.74. The van der Waals surface area contributed by atoms with Crippen molar-refractivity contribution in [2.45, 2.75) is 38.5 Å². The molecular formula is C52H39NO. The van der Waals surface area contributed by atoms with Gasteiger partial charge in [-0.1, -0.05) is 155 Å². The van der Waals surface area contributed by atoms with Crippen molar-refractivity contribution in [2.75, 3.05) is 4.90 Å². The van der Waals surface area contributed by atoms with Gasteiger partial charge in [0.2, 0.25) is 0 Å². The highest BCUT2D eigenvalue weighted by Crippen LogP contribution is 2.54. The first kappa shape index (κ1) is 31.2. The standard InChI is InChI=1S/C52H39NO/c1-51(2)43-22-12-10-19-37(43)39-27-25-34(30-45(39)51)53(35-26-28-40-38-20-11-13-23-44(38)52(3,4)46(40)31-35)47-24-14-21-41-42-29-33-17-8-9-18-36(33)48(50(42)54-49(41)47)32-15-6-5-7-16-32/h5-31H,1-4H3. The van der Waals surface area contributed by atoms with Crippen LogP contribution in [0.15, 0.2) is 168 Å². The normalized spacial score (nSPS) is 14.6. The van der Waals surface area contributed by atoms with Crippen LogP contribution in [0.1, 0.15) is 49.9 Å². The zero-order valence-electron chi connectivity index (χ0n) is 30.9. The Balaban J connectivity index is 1.20. The van der Waals surface area contributed by atoms with Gasteiger partial charge in [-0.3, -0.25) is 0 Å². The van der Waals surface area contributed by atoms with Gasteiger partial charge in [0.15, 0.2) is 5.58 Å². The van der Waals surface area contributed by atoms with Crippen molar-refractivity contribution in [3.63, 3.8) is 0 Å². The van der Waals surface area contributed by atoms with Gasteiger partial charge in [-0.2, -0.15) is 0 Å². The van der Waals surface area contributed by atoms with Crippen LogP contribution in [0.2, 0.25) is 0 Å². The van der Waals surface area contributed by atoms with Gasteiger partial charge in [0.25, 0.3) is 0 Å². The van der Waals surface area contributed by atoms with Crippen molar-refractivity contribution in [1.29, 1.82) is 0 Å². The van der Waals surface area contributed by atoms with Crippen LogP contribution in [-0.2, 0) is 10.8 Å². The summed E-state index contributed by atoms with van der Waals surface area (Å²) in [4.78, 5) is 2.44. The van der Waals surface area contributed by atoms with Crippen LogP contribution in [0.4, 0.5) is 17.1 Å². The van der Waals surface area contributed by atoms with Gasteiger partial charge in [-0.15, -0.1) is 0 Å². The predicted molar refractivity (Wildman–Crippen MR) is 226 cm³/mol. The van der Waals surface area contributed by atoms with E-state index >= 15 is 0 Å². The van der Waals surface area contributed by atoms with E-state index in [1.807, 2.05) is 0 Å². The number of benzene rings is 8. The lowest BCUT2D eigenvalue weighted by molar-refractivity contribution is 0.659. The lowest BCUT2D eigenvalue weighted by Crippen LogP contribution is -2.18. The second-order valence-electron chi connectivity index (χ2n) is 16.1. The van der Waals surface area contributed by atoms with E-state index in [1.165, 1.54) is 55.3 Å². The first-order valence-corrected chi connectivity index (χ1v) is 19.0. The molecule has 258 valence electrons. The highest BCUT2D eigenvalue weighted by molar-refractivity contribution is 6.20. The second-order valence-corrected chi connectivity index (χ2v) is 16.1. The summed E-state index contributed by atoms with van der Waals surface area (Å²) in [5.41, 5.74) is 17.8. The molecule has 8 aromatic carbocycles. The monoisotopic (exact) mass is 693 g/mol. The van der Waals surface area contributed by atoms with Crippen LogP contribution in [0.3, 0.4) is 0 Å². The molecule has 0 radical (unpaired) electrons. The molecule has 0 fully saturated rings. The molecule has 0 N–H and O–H groups in total. The molecule has 1 aromatic heterocycles. The number of hydrogen-bond donors (Lipinski definition) is 0. The summed E-state index contributed by atoms with van der Waals surface area (Å²) in [5, 5.41) is 4.63. The molecule has 2 aliphatic carbocycles. The molecule has 2 heteroatoms. The lowest BCUT2D eigenvalue weighted by atomic mass is 9.82. The van der Waals surface area contributed by atoms with E-state index in [0.717, 1.165) is 50.1 Å². The Morgan fingerprint density at radius 1 is 0.407 bits per heavy atom. The molecule has 54 heavy (non-hydrogen) atoms. The summed E-state index contributed by atoms with van der Waals surface area (Å²) in [5.74, 6) is 0. The first-order valence-electron chi connectivity index (χ1n) is 19.0. The Hall–Kier alpha value is -6.38. The van der Waals surface area contributed by atoms with E-state index in [0.29, 0.717) is 0 Å². The third kappa shape index (κ3) is 4.23. The molecular weight excluding hydrogens is 655 g/mol. The molecule has 0 saturated carbocycles. The molecule has 0 amide bonds. The zero-order valence-corrected chi connectivity index (χ0v) is 30.9. The molecule has 9 aromatic rings. The van der Waals surface area contributed by atoms with Crippen LogP contribution in [-0.4, -0.2) is 0 Å². The van der Waals surface area contributed by atoms with Crippen molar-refractivity contribution in [3.8, 4) is 33.4 Å². The van der Waals surface area contributed by atoms with Crippen LogP contribution >= 0.6 is 0 Å². The second kappa shape index (κ2) is 11.1. The molecule has 0 aliphatic heterocycles. The minimum Gasteiger partial charge on any atom is -0.453 e. The first-order chi connectivity index (χ1) is 26.3. The van der Waals surface area contributed by atoms with Gasteiger partial charge in [0.1, 0.15) is 5.58 Å². The average molecular weight is 694 g/mol. The summed E-state index contributed by atoms with van der Waals surface area (Å²) < 4.78 is 7.23. The number of rotatable bonds is 4. The van der Waals surface area contributed by atoms with Gasteiger partial charge in [-0.25, -0.2) is 0 Å². The molecule has 1 heterocycles. The van der Waals surface area contributed by atoms with E-state index < -0.39 is 0 Å². The van der Waals surface area contributed by atoms with Gasteiger partial charge in [0.05, 0.1) is 5.69 Å². The van der Waals surface area contributed by atoms with Crippen molar-refractivity contribution < 1.29 is 4.42 Å². The van der Waals surface area contributed by atoms with Gasteiger partial charge in [-0.05, 0) is 97.2 Å². The van der Waals surface area contributed by atoms with Crippen LogP contribution in [0.5, 0.6) is 0 Å². The number of nitrogens with zero attached hydrogens (tertiary/aromatic N) is 1. The van der Waals surface area contributed by atoms with Crippen molar-refractivity contribution in [3.05, 3.63) is 186 Å². The maximum absolute atomic E-state index is 7.23. The van der Waals surface area contributed by atoms with Crippen molar-refractivity contribution in [2.24, 2.45) is 0 Å². The quantitative estimate of drug-likeness (QED) is 0.182. The third-order valence-corrected chi connectivity index (χ3v) is 12.4. The Morgan fingerprint density at radius 2 is 0.944 bits per heavy atom. The Morgan fingerprint density at radius 3 is 1.59 bits per heavy atom. The smallest absolute Gasteiger partial charge is 0.159 e.